The molecule has 0 radical (unpaired) electrons. The van der Waals surface area contributed by atoms with E-state index in [-0.39, 0.29) is 28.0 Å². The lowest BCUT2D eigenvalue weighted by Gasteiger charge is -2.30. The fourth-order valence-electron chi connectivity index (χ4n) is 1.87. The van der Waals surface area contributed by atoms with Crippen LogP contribution in [0.3, 0.4) is 0 Å². The van der Waals surface area contributed by atoms with Crippen molar-refractivity contribution < 1.29 is 18.3 Å². The van der Waals surface area contributed by atoms with Crippen LogP contribution in [-0.4, -0.2) is 33.3 Å². The first-order chi connectivity index (χ1) is 9.61. The smallest absolute Gasteiger partial charge is 0.240 e. The summed E-state index contributed by atoms with van der Waals surface area (Å²) in [5.74, 6) is 0.415. The van der Waals surface area contributed by atoms with Crippen LogP contribution in [0.4, 0.5) is 0 Å². The molecular weight excluding hydrogens is 314 g/mol. The zero-order valence-corrected chi connectivity index (χ0v) is 14.3. The lowest BCUT2D eigenvalue weighted by Crippen LogP contribution is -2.44. The Morgan fingerprint density at radius 3 is 2.43 bits per heavy atom. The van der Waals surface area contributed by atoms with Crippen LogP contribution in [-0.2, 0) is 10.0 Å². The monoisotopic (exact) mass is 335 g/mol. The molecule has 0 spiro atoms. The molecule has 0 amide bonds. The van der Waals surface area contributed by atoms with Gasteiger partial charge in [-0.3, -0.25) is 0 Å². The van der Waals surface area contributed by atoms with E-state index in [9.17, 15) is 8.42 Å². The van der Waals surface area contributed by atoms with Gasteiger partial charge in [-0.05, 0) is 30.0 Å². The van der Waals surface area contributed by atoms with Gasteiger partial charge in [-0.1, -0.05) is 32.4 Å². The van der Waals surface area contributed by atoms with E-state index in [4.69, 9.17) is 21.4 Å². The van der Waals surface area contributed by atoms with Crippen LogP contribution in [0.1, 0.15) is 27.2 Å². The van der Waals surface area contributed by atoms with Gasteiger partial charge in [-0.2, -0.15) is 0 Å². The largest absolute Gasteiger partial charge is 0.495 e. The second-order valence-corrected chi connectivity index (χ2v) is 7.97. The summed E-state index contributed by atoms with van der Waals surface area (Å²) in [7, 11) is -2.25. The first kappa shape index (κ1) is 18.2. The van der Waals surface area contributed by atoms with E-state index in [1.165, 1.54) is 25.3 Å². The molecule has 2 N–H and O–H groups in total. The third-order valence-corrected chi connectivity index (χ3v) is 4.96. The number of nitrogens with one attached hydrogen (secondary N) is 1. The summed E-state index contributed by atoms with van der Waals surface area (Å²) in [5.41, 5.74) is -0.313. The molecule has 0 aliphatic carbocycles. The van der Waals surface area contributed by atoms with E-state index < -0.39 is 10.0 Å². The van der Waals surface area contributed by atoms with Crippen molar-refractivity contribution in [3.8, 4) is 5.75 Å². The van der Waals surface area contributed by atoms with Crippen molar-refractivity contribution in [3.05, 3.63) is 23.2 Å². The van der Waals surface area contributed by atoms with Gasteiger partial charge >= 0.3 is 0 Å². The predicted molar refractivity (Wildman–Crippen MR) is 83.3 cm³/mol. The highest BCUT2D eigenvalue weighted by Gasteiger charge is 2.29. The second kappa shape index (κ2) is 6.96. The van der Waals surface area contributed by atoms with Gasteiger partial charge in [-0.15, -0.1) is 0 Å². The molecule has 0 aliphatic rings. The minimum absolute atomic E-state index is 0.0699. The Balaban J connectivity index is 3.07. The van der Waals surface area contributed by atoms with E-state index in [2.05, 4.69) is 4.72 Å². The molecule has 1 unspecified atom stereocenters. The van der Waals surface area contributed by atoms with Crippen molar-refractivity contribution in [2.24, 2.45) is 5.41 Å². The summed E-state index contributed by atoms with van der Waals surface area (Å²) in [6.45, 7) is 5.65. The number of hydrogen-bond acceptors (Lipinski definition) is 4. The summed E-state index contributed by atoms with van der Waals surface area (Å²) in [6, 6.07) is 3.91. The minimum atomic E-state index is -3.71. The number of aliphatic hydroxyl groups excluding tert-OH is 1. The molecule has 1 atom stereocenters. The number of halogens is 1. The molecular formula is C14H22ClNO4S. The molecule has 120 valence electrons. The number of hydrogen-bond donors (Lipinski definition) is 2. The highest BCUT2D eigenvalue weighted by molar-refractivity contribution is 7.89. The van der Waals surface area contributed by atoms with Crippen LogP contribution in [0.5, 0.6) is 5.75 Å². The fraction of sp³-hybridized carbons (Fsp3) is 0.571. The number of aliphatic hydroxyl groups is 1. The van der Waals surface area contributed by atoms with E-state index in [1.54, 1.807) is 0 Å². The van der Waals surface area contributed by atoms with E-state index >= 15 is 0 Å². The van der Waals surface area contributed by atoms with Gasteiger partial charge in [-0.25, -0.2) is 13.1 Å². The van der Waals surface area contributed by atoms with Crippen LogP contribution in [0.15, 0.2) is 23.1 Å². The van der Waals surface area contributed by atoms with Crippen LogP contribution < -0.4 is 9.46 Å². The van der Waals surface area contributed by atoms with Crippen molar-refractivity contribution in [2.45, 2.75) is 38.1 Å². The average Bonchev–Trinajstić information content (AvgIpc) is 2.36. The molecule has 0 aromatic heterocycles. The highest BCUT2D eigenvalue weighted by atomic mass is 35.5. The predicted octanol–water partition coefficient (Wildman–Crippen LogP) is 2.42. The number of methoxy groups -OCH3 is 1. The third-order valence-electron chi connectivity index (χ3n) is 3.19. The summed E-state index contributed by atoms with van der Waals surface area (Å²) in [6.07, 6.45) is 0.340. The second-order valence-electron chi connectivity index (χ2n) is 5.85. The molecule has 21 heavy (non-hydrogen) atoms. The van der Waals surface area contributed by atoms with E-state index in [0.29, 0.717) is 12.2 Å². The Morgan fingerprint density at radius 2 is 2.00 bits per heavy atom. The first-order valence-corrected chi connectivity index (χ1v) is 8.44. The Bertz CT molecular complexity index is 581. The topological polar surface area (TPSA) is 75.6 Å². The molecule has 1 aromatic rings. The first-order valence-electron chi connectivity index (χ1n) is 6.58. The highest BCUT2D eigenvalue weighted by Crippen LogP contribution is 2.28. The van der Waals surface area contributed by atoms with Crippen molar-refractivity contribution in [2.75, 3.05) is 13.7 Å². The van der Waals surface area contributed by atoms with Crippen LogP contribution in [0.2, 0.25) is 5.02 Å². The lowest BCUT2D eigenvalue weighted by molar-refractivity contribution is 0.214. The molecule has 1 rings (SSSR count). The van der Waals surface area contributed by atoms with Gasteiger partial charge in [0.15, 0.2) is 0 Å². The normalized spacial score (nSPS) is 14.0. The Kier molecular flexibility index (Phi) is 6.04. The fourth-order valence-corrected chi connectivity index (χ4v) is 3.69. The van der Waals surface area contributed by atoms with Gasteiger partial charge in [0, 0.05) is 12.6 Å². The zero-order chi connectivity index (χ0) is 16.3. The molecule has 0 aliphatic heterocycles. The molecule has 0 heterocycles. The molecule has 1 aromatic carbocycles. The maximum atomic E-state index is 12.4. The van der Waals surface area contributed by atoms with Crippen molar-refractivity contribution in [3.63, 3.8) is 0 Å². The summed E-state index contributed by atoms with van der Waals surface area (Å²) in [5, 5.41) is 9.34. The number of benzene rings is 1. The van der Waals surface area contributed by atoms with Crippen molar-refractivity contribution in [1.29, 1.82) is 0 Å². The van der Waals surface area contributed by atoms with Crippen LogP contribution in [0.25, 0.3) is 0 Å². The molecule has 0 bridgehead atoms. The average molecular weight is 336 g/mol. The number of sulfonamides is 1. The maximum absolute atomic E-state index is 12.4. The summed E-state index contributed by atoms with van der Waals surface area (Å²) in [4.78, 5) is 0.0699. The number of rotatable bonds is 6. The Labute approximate surface area is 131 Å². The standard InChI is InChI=1S/C14H22ClNO4S/c1-14(2,3)13(7-8-17)16-21(18,19)10-5-6-12(20-4)11(15)9-10/h5-6,9,13,16-17H,7-8H2,1-4H3. The lowest BCUT2D eigenvalue weighted by atomic mass is 9.86. The van der Waals surface area contributed by atoms with Gasteiger partial charge in [0.2, 0.25) is 10.0 Å². The van der Waals surface area contributed by atoms with Gasteiger partial charge in [0.05, 0.1) is 17.0 Å². The van der Waals surface area contributed by atoms with Crippen molar-refractivity contribution in [1.82, 2.24) is 4.72 Å². The molecule has 0 saturated carbocycles. The van der Waals surface area contributed by atoms with E-state index in [0.717, 1.165) is 0 Å². The Morgan fingerprint density at radius 1 is 1.38 bits per heavy atom. The van der Waals surface area contributed by atoms with Crippen molar-refractivity contribution >= 4 is 21.6 Å². The summed E-state index contributed by atoms with van der Waals surface area (Å²) >= 11 is 5.97. The SMILES string of the molecule is COc1ccc(S(=O)(=O)NC(CCO)C(C)(C)C)cc1Cl. The number of ether oxygens (including phenoxy) is 1. The molecule has 7 heteroatoms. The quantitative estimate of drug-likeness (QED) is 0.837. The molecule has 0 fully saturated rings. The van der Waals surface area contributed by atoms with Gasteiger partial charge in [0.1, 0.15) is 5.75 Å². The molecule has 0 saturated heterocycles. The summed E-state index contributed by atoms with van der Waals surface area (Å²) < 4.78 is 32.5. The van der Waals surface area contributed by atoms with Gasteiger partial charge < -0.3 is 9.84 Å². The zero-order valence-electron chi connectivity index (χ0n) is 12.7. The third kappa shape index (κ3) is 4.85. The maximum Gasteiger partial charge on any atom is 0.240 e. The van der Waals surface area contributed by atoms with Crippen LogP contribution >= 0.6 is 11.6 Å². The minimum Gasteiger partial charge on any atom is -0.495 e. The van der Waals surface area contributed by atoms with Gasteiger partial charge in [0.25, 0.3) is 0 Å². The van der Waals surface area contributed by atoms with Crippen LogP contribution in [0, 0.1) is 5.41 Å². The Hall–Kier alpha value is -0.820. The van der Waals surface area contributed by atoms with E-state index in [1.807, 2.05) is 20.8 Å². The molecule has 5 nitrogen and oxygen atoms in total.